The van der Waals surface area contributed by atoms with Crippen LogP contribution in [0.2, 0.25) is 0 Å². The Labute approximate surface area is 91.3 Å². The molecule has 1 aromatic rings. The van der Waals surface area contributed by atoms with Crippen LogP contribution in [0.5, 0.6) is 0 Å². The van der Waals surface area contributed by atoms with E-state index in [0.29, 0.717) is 23.7 Å². The number of hydrogen-bond acceptors (Lipinski definition) is 7. The smallest absolute Gasteiger partial charge is 0.157 e. The van der Waals surface area contributed by atoms with Gasteiger partial charge in [0.2, 0.25) is 0 Å². The van der Waals surface area contributed by atoms with Crippen LogP contribution in [0.25, 0.3) is 0 Å². The first-order chi connectivity index (χ1) is 7.24. The molecule has 6 nitrogen and oxygen atoms in total. The second-order valence-electron chi connectivity index (χ2n) is 2.79. The standard InChI is InChI=1S/C8H12N4O2S/c9-5-6-7(10)11-15-8(6)12(1-3-13)2-4-14/h13-14H,1-4H2,(H2,10,11). The molecule has 0 aromatic carbocycles. The lowest BCUT2D eigenvalue weighted by Crippen LogP contribution is -2.29. The summed E-state index contributed by atoms with van der Waals surface area (Å²) in [5.41, 5.74) is 5.81. The van der Waals surface area contributed by atoms with Gasteiger partial charge in [-0.2, -0.15) is 9.64 Å². The van der Waals surface area contributed by atoms with E-state index in [1.54, 1.807) is 4.90 Å². The fourth-order valence-corrected chi connectivity index (χ4v) is 1.99. The summed E-state index contributed by atoms with van der Waals surface area (Å²) in [4.78, 5) is 1.69. The summed E-state index contributed by atoms with van der Waals surface area (Å²) >= 11 is 1.09. The van der Waals surface area contributed by atoms with Crippen LogP contribution in [-0.4, -0.2) is 40.9 Å². The quantitative estimate of drug-likeness (QED) is 0.620. The molecular formula is C8H12N4O2S. The van der Waals surface area contributed by atoms with Gasteiger partial charge < -0.3 is 20.8 Å². The maximum atomic E-state index is 8.86. The number of aromatic nitrogens is 1. The Balaban J connectivity index is 2.95. The maximum absolute atomic E-state index is 8.86. The maximum Gasteiger partial charge on any atom is 0.157 e. The number of nitrogens with two attached hydrogens (primary N) is 1. The van der Waals surface area contributed by atoms with Crippen LogP contribution in [0.4, 0.5) is 10.8 Å². The third-order valence-electron chi connectivity index (χ3n) is 1.84. The summed E-state index contributed by atoms with van der Waals surface area (Å²) in [6, 6.07) is 1.96. The van der Waals surface area contributed by atoms with Gasteiger partial charge in [-0.25, -0.2) is 0 Å². The van der Waals surface area contributed by atoms with Crippen LogP contribution in [0, 0.1) is 11.3 Å². The van der Waals surface area contributed by atoms with E-state index in [1.165, 1.54) is 0 Å². The molecule has 0 aliphatic carbocycles. The van der Waals surface area contributed by atoms with Gasteiger partial charge >= 0.3 is 0 Å². The zero-order valence-corrected chi connectivity index (χ0v) is 8.87. The van der Waals surface area contributed by atoms with Crippen molar-refractivity contribution in [1.82, 2.24) is 4.37 Å². The number of hydrogen-bond donors (Lipinski definition) is 3. The summed E-state index contributed by atoms with van der Waals surface area (Å²) in [6.07, 6.45) is 0. The average molecular weight is 228 g/mol. The molecule has 0 saturated heterocycles. The molecule has 7 heteroatoms. The van der Waals surface area contributed by atoms with Crippen molar-refractivity contribution in [3.63, 3.8) is 0 Å². The molecule has 0 spiro atoms. The predicted molar refractivity (Wildman–Crippen MR) is 57.6 cm³/mol. The lowest BCUT2D eigenvalue weighted by Gasteiger charge is -2.20. The molecule has 15 heavy (non-hydrogen) atoms. The third kappa shape index (κ3) is 2.56. The van der Waals surface area contributed by atoms with Crippen LogP contribution >= 0.6 is 11.5 Å². The first kappa shape index (κ1) is 11.7. The van der Waals surface area contributed by atoms with Gasteiger partial charge in [0.05, 0.1) is 13.2 Å². The third-order valence-corrected chi connectivity index (χ3v) is 2.76. The van der Waals surface area contributed by atoms with Crippen LogP contribution in [0.1, 0.15) is 5.56 Å². The van der Waals surface area contributed by atoms with Gasteiger partial charge in [-0.3, -0.25) is 0 Å². The van der Waals surface area contributed by atoms with Gasteiger partial charge in [0.25, 0.3) is 0 Å². The van der Waals surface area contributed by atoms with Crippen LogP contribution in [-0.2, 0) is 0 Å². The fourth-order valence-electron chi connectivity index (χ4n) is 1.17. The number of anilines is 2. The van der Waals surface area contributed by atoms with Gasteiger partial charge in [0.1, 0.15) is 16.6 Å². The van der Waals surface area contributed by atoms with Crippen molar-refractivity contribution in [2.45, 2.75) is 0 Å². The normalized spacial score (nSPS) is 9.93. The molecule has 1 aromatic heterocycles. The number of aliphatic hydroxyl groups excluding tert-OH is 2. The molecule has 0 saturated carbocycles. The van der Waals surface area contributed by atoms with E-state index in [1.807, 2.05) is 6.07 Å². The lowest BCUT2D eigenvalue weighted by atomic mass is 10.3. The molecule has 1 rings (SSSR count). The van der Waals surface area contributed by atoms with Crippen molar-refractivity contribution < 1.29 is 10.2 Å². The highest BCUT2D eigenvalue weighted by atomic mass is 32.1. The average Bonchev–Trinajstić information content (AvgIpc) is 2.59. The van der Waals surface area contributed by atoms with Gasteiger partial charge in [-0.1, -0.05) is 0 Å². The SMILES string of the molecule is N#Cc1c(N)nsc1N(CCO)CCO. The fraction of sp³-hybridized carbons (Fsp3) is 0.500. The minimum atomic E-state index is -0.0529. The molecule has 0 amide bonds. The first-order valence-corrected chi connectivity index (χ1v) is 5.13. The van der Waals surface area contributed by atoms with E-state index in [2.05, 4.69) is 4.37 Å². The minimum Gasteiger partial charge on any atom is -0.395 e. The van der Waals surface area contributed by atoms with Crippen molar-refractivity contribution in [3.05, 3.63) is 5.56 Å². The summed E-state index contributed by atoms with van der Waals surface area (Å²) in [6.45, 7) is 0.582. The number of rotatable bonds is 5. The van der Waals surface area contributed by atoms with Crippen molar-refractivity contribution >= 4 is 22.4 Å². The van der Waals surface area contributed by atoms with Crippen LogP contribution in [0.15, 0.2) is 0 Å². The molecule has 0 atom stereocenters. The largest absolute Gasteiger partial charge is 0.395 e. The van der Waals surface area contributed by atoms with Crippen molar-refractivity contribution in [3.8, 4) is 6.07 Å². The molecule has 0 unspecified atom stereocenters. The number of aliphatic hydroxyl groups is 2. The topological polar surface area (TPSA) is 106 Å². The van der Waals surface area contributed by atoms with E-state index in [4.69, 9.17) is 21.2 Å². The highest BCUT2D eigenvalue weighted by Gasteiger charge is 2.16. The van der Waals surface area contributed by atoms with Gasteiger partial charge in [0, 0.05) is 13.1 Å². The zero-order valence-electron chi connectivity index (χ0n) is 8.05. The number of nitrogen functional groups attached to an aromatic ring is 1. The monoisotopic (exact) mass is 228 g/mol. The van der Waals surface area contributed by atoms with Crippen molar-refractivity contribution in [2.24, 2.45) is 0 Å². The van der Waals surface area contributed by atoms with Crippen LogP contribution in [0.3, 0.4) is 0 Å². The number of nitrogens with zero attached hydrogens (tertiary/aromatic N) is 3. The molecule has 0 aliphatic heterocycles. The first-order valence-electron chi connectivity index (χ1n) is 4.36. The van der Waals surface area contributed by atoms with Gasteiger partial charge in [0.15, 0.2) is 5.82 Å². The van der Waals surface area contributed by atoms with E-state index in [0.717, 1.165) is 11.5 Å². The summed E-state index contributed by atoms with van der Waals surface area (Å²) in [7, 11) is 0. The highest BCUT2D eigenvalue weighted by Crippen LogP contribution is 2.29. The molecule has 0 bridgehead atoms. The molecule has 0 radical (unpaired) electrons. The van der Waals surface area contributed by atoms with Crippen molar-refractivity contribution in [1.29, 1.82) is 5.26 Å². The second kappa shape index (κ2) is 5.50. The Kier molecular flexibility index (Phi) is 4.30. The Morgan fingerprint density at radius 2 is 2.00 bits per heavy atom. The Morgan fingerprint density at radius 1 is 1.40 bits per heavy atom. The Bertz CT molecular complexity index is 354. The lowest BCUT2D eigenvalue weighted by molar-refractivity contribution is 0.281. The molecule has 82 valence electrons. The molecule has 0 aliphatic rings. The molecule has 4 N–H and O–H groups in total. The van der Waals surface area contributed by atoms with E-state index in [-0.39, 0.29) is 19.0 Å². The van der Waals surface area contributed by atoms with E-state index >= 15 is 0 Å². The van der Waals surface area contributed by atoms with E-state index in [9.17, 15) is 0 Å². The predicted octanol–water partition coefficient (Wildman–Crippen LogP) is -0.612. The highest BCUT2D eigenvalue weighted by molar-refractivity contribution is 7.10. The Hall–Kier alpha value is -1.36. The Morgan fingerprint density at radius 3 is 2.47 bits per heavy atom. The molecule has 1 heterocycles. The molecule has 0 fully saturated rings. The zero-order chi connectivity index (χ0) is 11.3. The van der Waals surface area contributed by atoms with Gasteiger partial charge in [-0.15, -0.1) is 0 Å². The number of nitriles is 1. The summed E-state index contributed by atoms with van der Waals surface area (Å²) in [5.74, 6) is 0.193. The summed E-state index contributed by atoms with van der Waals surface area (Å²) < 4.78 is 3.86. The van der Waals surface area contributed by atoms with Gasteiger partial charge in [-0.05, 0) is 11.5 Å². The minimum absolute atomic E-state index is 0.0529. The van der Waals surface area contributed by atoms with Crippen molar-refractivity contribution in [2.75, 3.05) is 36.9 Å². The van der Waals surface area contributed by atoms with Crippen LogP contribution < -0.4 is 10.6 Å². The molecular weight excluding hydrogens is 216 g/mol. The summed E-state index contributed by atoms with van der Waals surface area (Å²) in [5, 5.41) is 27.1. The van der Waals surface area contributed by atoms with E-state index < -0.39 is 0 Å². The second-order valence-corrected chi connectivity index (χ2v) is 3.55.